The van der Waals surface area contributed by atoms with Gasteiger partial charge >= 0.3 is 0 Å². The lowest BCUT2D eigenvalue weighted by Gasteiger charge is -2.11. The van der Waals surface area contributed by atoms with E-state index in [1.165, 1.54) is 12.3 Å². The fourth-order valence-electron chi connectivity index (χ4n) is 2.24. The van der Waals surface area contributed by atoms with Gasteiger partial charge in [0.05, 0.1) is 10.8 Å². The highest BCUT2D eigenvalue weighted by molar-refractivity contribution is 7.93. The molecule has 25 heavy (non-hydrogen) atoms. The predicted octanol–water partition coefficient (Wildman–Crippen LogP) is 3.35. The van der Waals surface area contributed by atoms with Crippen molar-refractivity contribution in [2.75, 3.05) is 11.3 Å². The molecular formula is C16H19ClN3O3S2. The molecule has 2 N–H and O–H groups in total. The standard InChI is InChI=1S/C16H19ClN3O3S2/c1-4-11(15(21)18-5-2)13-9-19-16(24-13)20-25(22,23)14-8-6-7-12(17)10(14)3/h6-9,11H,1,4-5H2,2-3H3,(H,18,21)(H,19,20). The molecule has 1 amide bonds. The molecule has 9 heteroatoms. The molecule has 0 saturated heterocycles. The van der Waals surface area contributed by atoms with E-state index in [2.05, 4.69) is 21.9 Å². The Balaban J connectivity index is 2.25. The summed E-state index contributed by atoms with van der Waals surface area (Å²) >= 11 is 7.11. The van der Waals surface area contributed by atoms with Crippen LogP contribution in [0.1, 0.15) is 29.7 Å². The lowest BCUT2D eigenvalue weighted by Crippen LogP contribution is -2.28. The highest BCUT2D eigenvalue weighted by Crippen LogP contribution is 2.30. The van der Waals surface area contributed by atoms with Crippen LogP contribution in [-0.4, -0.2) is 25.9 Å². The number of sulfonamides is 1. The zero-order chi connectivity index (χ0) is 18.6. The van der Waals surface area contributed by atoms with Crippen LogP contribution >= 0.6 is 22.9 Å². The summed E-state index contributed by atoms with van der Waals surface area (Å²) in [5.41, 5.74) is 0.464. The molecule has 0 aliphatic heterocycles. The van der Waals surface area contributed by atoms with E-state index in [-0.39, 0.29) is 15.9 Å². The summed E-state index contributed by atoms with van der Waals surface area (Å²) in [6.07, 6.45) is 1.85. The van der Waals surface area contributed by atoms with Crippen molar-refractivity contribution in [1.82, 2.24) is 10.3 Å². The Labute approximate surface area is 156 Å². The number of hydrogen-bond donors (Lipinski definition) is 2. The van der Waals surface area contributed by atoms with Gasteiger partial charge in [-0.3, -0.25) is 9.52 Å². The van der Waals surface area contributed by atoms with Gasteiger partial charge in [0.1, 0.15) is 0 Å². The van der Waals surface area contributed by atoms with E-state index in [1.807, 2.05) is 6.92 Å². The Morgan fingerprint density at radius 3 is 2.80 bits per heavy atom. The molecule has 0 bridgehead atoms. The zero-order valence-electron chi connectivity index (χ0n) is 13.9. The van der Waals surface area contributed by atoms with Crippen molar-refractivity contribution < 1.29 is 13.2 Å². The average molecular weight is 401 g/mol. The van der Waals surface area contributed by atoms with Gasteiger partial charge < -0.3 is 5.32 Å². The van der Waals surface area contributed by atoms with Gasteiger partial charge in [-0.05, 0) is 38.0 Å². The topological polar surface area (TPSA) is 88.2 Å². The smallest absolute Gasteiger partial charge is 0.263 e. The molecule has 6 nitrogen and oxygen atoms in total. The predicted molar refractivity (Wildman–Crippen MR) is 101 cm³/mol. The molecule has 135 valence electrons. The monoisotopic (exact) mass is 400 g/mol. The molecule has 1 aromatic heterocycles. The van der Waals surface area contributed by atoms with Crippen LogP contribution in [0.2, 0.25) is 5.02 Å². The van der Waals surface area contributed by atoms with Crippen molar-refractivity contribution in [3.8, 4) is 0 Å². The minimum absolute atomic E-state index is 0.0918. The van der Waals surface area contributed by atoms with Crippen molar-refractivity contribution in [3.05, 3.63) is 46.8 Å². The fourth-order valence-corrected chi connectivity index (χ4v) is 4.93. The van der Waals surface area contributed by atoms with E-state index in [0.29, 0.717) is 28.4 Å². The summed E-state index contributed by atoms with van der Waals surface area (Å²) in [6.45, 7) is 7.77. The third kappa shape index (κ3) is 4.50. The second kappa shape index (κ2) is 8.16. The van der Waals surface area contributed by atoms with Crippen LogP contribution in [0.4, 0.5) is 5.13 Å². The first-order chi connectivity index (χ1) is 11.8. The normalized spacial score (nSPS) is 12.6. The number of nitrogens with one attached hydrogen (secondary N) is 2. The van der Waals surface area contributed by atoms with Gasteiger partial charge in [0.15, 0.2) is 5.13 Å². The summed E-state index contributed by atoms with van der Waals surface area (Å²) < 4.78 is 27.6. The first-order valence-electron chi connectivity index (χ1n) is 7.60. The van der Waals surface area contributed by atoms with Gasteiger partial charge in [-0.1, -0.05) is 24.6 Å². The van der Waals surface area contributed by atoms with E-state index in [0.717, 1.165) is 11.3 Å². The molecule has 0 spiro atoms. The summed E-state index contributed by atoms with van der Waals surface area (Å²) in [5, 5.41) is 3.30. The number of hydrogen-bond acceptors (Lipinski definition) is 5. The Hall–Kier alpha value is -1.64. The van der Waals surface area contributed by atoms with Crippen LogP contribution < -0.4 is 10.0 Å². The number of nitrogens with zero attached hydrogens (tertiary/aromatic N) is 1. The minimum Gasteiger partial charge on any atom is -0.356 e. The van der Waals surface area contributed by atoms with E-state index in [9.17, 15) is 13.2 Å². The fraction of sp³-hybridized carbons (Fsp3) is 0.312. The highest BCUT2D eigenvalue weighted by Gasteiger charge is 2.23. The second-order valence-electron chi connectivity index (χ2n) is 5.27. The molecule has 2 rings (SSSR count). The molecule has 0 aliphatic rings. The van der Waals surface area contributed by atoms with Crippen LogP contribution in [0.5, 0.6) is 0 Å². The third-order valence-electron chi connectivity index (χ3n) is 3.55. The van der Waals surface area contributed by atoms with Crippen LogP contribution in [0.3, 0.4) is 0 Å². The number of rotatable bonds is 7. The highest BCUT2D eigenvalue weighted by atomic mass is 35.5. The number of carbonyl (C=O) groups excluding carboxylic acids is 1. The Bertz CT molecular complexity index is 865. The first-order valence-corrected chi connectivity index (χ1v) is 10.3. The number of aromatic nitrogens is 1. The largest absolute Gasteiger partial charge is 0.356 e. The lowest BCUT2D eigenvalue weighted by atomic mass is 10.0. The summed E-state index contributed by atoms with van der Waals surface area (Å²) in [7, 11) is -3.82. The van der Waals surface area contributed by atoms with Gasteiger partial charge in [0, 0.05) is 22.6 Å². The molecule has 1 radical (unpaired) electrons. The maximum absolute atomic E-state index is 12.6. The van der Waals surface area contributed by atoms with Crippen molar-refractivity contribution >= 4 is 44.0 Å². The van der Waals surface area contributed by atoms with Crippen molar-refractivity contribution in [2.24, 2.45) is 0 Å². The molecule has 0 fully saturated rings. The number of thiazole rings is 1. The number of anilines is 1. The van der Waals surface area contributed by atoms with Gasteiger partial charge in [0.2, 0.25) is 5.91 Å². The van der Waals surface area contributed by atoms with Crippen LogP contribution in [0.25, 0.3) is 0 Å². The minimum atomic E-state index is -3.82. The van der Waals surface area contributed by atoms with Crippen molar-refractivity contribution in [1.29, 1.82) is 0 Å². The Kier molecular flexibility index (Phi) is 6.42. The van der Waals surface area contributed by atoms with Crippen LogP contribution in [0.15, 0.2) is 29.3 Å². The molecule has 1 heterocycles. The Morgan fingerprint density at radius 1 is 1.44 bits per heavy atom. The number of benzene rings is 1. The lowest BCUT2D eigenvalue weighted by molar-refractivity contribution is -0.122. The quantitative estimate of drug-likeness (QED) is 0.745. The second-order valence-corrected chi connectivity index (χ2v) is 8.39. The van der Waals surface area contributed by atoms with Crippen LogP contribution in [0, 0.1) is 13.8 Å². The van der Waals surface area contributed by atoms with E-state index >= 15 is 0 Å². The van der Waals surface area contributed by atoms with Crippen molar-refractivity contribution in [3.63, 3.8) is 0 Å². The molecule has 0 saturated carbocycles. The average Bonchev–Trinajstić information content (AvgIpc) is 2.98. The maximum atomic E-state index is 12.6. The summed E-state index contributed by atoms with van der Waals surface area (Å²) in [6, 6.07) is 4.68. The van der Waals surface area contributed by atoms with Gasteiger partial charge in [-0.25, -0.2) is 13.4 Å². The Morgan fingerprint density at radius 2 is 2.16 bits per heavy atom. The molecule has 1 aromatic carbocycles. The van der Waals surface area contributed by atoms with E-state index in [1.54, 1.807) is 19.1 Å². The summed E-state index contributed by atoms with van der Waals surface area (Å²) in [4.78, 5) is 16.9. The zero-order valence-corrected chi connectivity index (χ0v) is 16.3. The molecular weight excluding hydrogens is 382 g/mol. The first kappa shape index (κ1) is 19.7. The van der Waals surface area contributed by atoms with E-state index < -0.39 is 15.9 Å². The van der Waals surface area contributed by atoms with Crippen LogP contribution in [-0.2, 0) is 14.8 Å². The van der Waals surface area contributed by atoms with E-state index in [4.69, 9.17) is 11.6 Å². The van der Waals surface area contributed by atoms with Gasteiger partial charge in [-0.2, -0.15) is 0 Å². The van der Waals surface area contributed by atoms with Crippen molar-refractivity contribution in [2.45, 2.75) is 31.1 Å². The summed E-state index contributed by atoms with van der Waals surface area (Å²) in [5.74, 6) is -0.607. The number of halogens is 1. The van der Waals surface area contributed by atoms with Gasteiger partial charge in [-0.15, -0.1) is 11.3 Å². The third-order valence-corrected chi connectivity index (χ3v) is 6.60. The number of carbonyl (C=O) groups is 1. The molecule has 1 atom stereocenters. The number of likely N-dealkylation sites (N-methyl/N-ethyl adjacent to an activating group) is 1. The molecule has 1 unspecified atom stereocenters. The number of amides is 1. The molecule has 2 aromatic rings. The molecule has 0 aliphatic carbocycles. The SMILES string of the molecule is [CH2]CC(C(=O)NCC)c1cnc(NS(=O)(=O)c2cccc(Cl)c2C)s1. The maximum Gasteiger partial charge on any atom is 0.263 e. The van der Waals surface area contributed by atoms with Gasteiger partial charge in [0.25, 0.3) is 10.0 Å².